The molecular formula is C15H16N6O. The Bertz CT molecular complexity index is 769. The number of aromatic nitrogens is 5. The lowest BCUT2D eigenvalue weighted by atomic mass is 9.84. The highest BCUT2D eigenvalue weighted by Gasteiger charge is 2.27. The minimum Gasteiger partial charge on any atom is -0.508 e. The predicted molar refractivity (Wildman–Crippen MR) is 81.9 cm³/mol. The lowest BCUT2D eigenvalue weighted by Crippen LogP contribution is -2.21. The van der Waals surface area contributed by atoms with Crippen molar-refractivity contribution in [3.8, 4) is 5.75 Å². The largest absolute Gasteiger partial charge is 0.508 e. The Kier molecular flexibility index (Phi) is 3.46. The number of benzene rings is 1. The minimum atomic E-state index is -0.378. The van der Waals surface area contributed by atoms with Gasteiger partial charge in [0.2, 0.25) is 0 Å². The summed E-state index contributed by atoms with van der Waals surface area (Å²) in [6, 6.07) is 11.0. The van der Waals surface area contributed by atoms with Crippen molar-refractivity contribution in [1.82, 2.24) is 25.6 Å². The highest BCUT2D eigenvalue weighted by molar-refractivity contribution is 5.59. The second kappa shape index (κ2) is 5.44. The molecule has 112 valence electrons. The van der Waals surface area contributed by atoms with Crippen LogP contribution in [0.4, 0.5) is 11.5 Å². The SMILES string of the molecule is CC(C)(c1cccc(Nc2cc(O)ccn2)c1)c1nn[nH]n1. The van der Waals surface area contributed by atoms with Crippen molar-refractivity contribution in [1.29, 1.82) is 0 Å². The molecule has 0 atom stereocenters. The fourth-order valence-corrected chi connectivity index (χ4v) is 2.18. The number of nitrogens with zero attached hydrogens (tertiary/aromatic N) is 4. The number of rotatable bonds is 4. The van der Waals surface area contributed by atoms with Crippen molar-refractivity contribution in [2.45, 2.75) is 19.3 Å². The highest BCUT2D eigenvalue weighted by atomic mass is 16.3. The molecule has 0 bridgehead atoms. The van der Waals surface area contributed by atoms with Crippen LogP contribution in [-0.2, 0) is 5.41 Å². The van der Waals surface area contributed by atoms with E-state index in [2.05, 4.69) is 30.9 Å². The van der Waals surface area contributed by atoms with Gasteiger partial charge in [-0.1, -0.05) is 17.3 Å². The number of H-pyrrole nitrogens is 1. The maximum atomic E-state index is 9.49. The second-order valence-electron chi connectivity index (χ2n) is 5.47. The number of nitrogens with one attached hydrogen (secondary N) is 2. The summed E-state index contributed by atoms with van der Waals surface area (Å²) in [5.41, 5.74) is 1.53. The minimum absolute atomic E-state index is 0.167. The van der Waals surface area contributed by atoms with Gasteiger partial charge in [0, 0.05) is 18.0 Å². The molecule has 0 aliphatic carbocycles. The lowest BCUT2D eigenvalue weighted by Gasteiger charge is -2.21. The van der Waals surface area contributed by atoms with Crippen LogP contribution >= 0.6 is 0 Å². The van der Waals surface area contributed by atoms with E-state index in [1.807, 2.05) is 38.1 Å². The summed E-state index contributed by atoms with van der Waals surface area (Å²) in [5, 5.41) is 26.9. The molecule has 0 radical (unpaired) electrons. The van der Waals surface area contributed by atoms with Crippen LogP contribution in [-0.4, -0.2) is 30.7 Å². The molecule has 0 saturated carbocycles. The van der Waals surface area contributed by atoms with E-state index in [1.165, 1.54) is 6.07 Å². The van der Waals surface area contributed by atoms with E-state index in [0.717, 1.165) is 11.3 Å². The molecule has 0 fully saturated rings. The molecule has 22 heavy (non-hydrogen) atoms. The quantitative estimate of drug-likeness (QED) is 0.683. The van der Waals surface area contributed by atoms with E-state index in [4.69, 9.17) is 0 Å². The molecule has 0 aliphatic heterocycles. The van der Waals surface area contributed by atoms with Gasteiger partial charge in [-0.3, -0.25) is 0 Å². The smallest absolute Gasteiger partial charge is 0.184 e. The summed E-state index contributed by atoms with van der Waals surface area (Å²) in [4.78, 5) is 4.17. The van der Waals surface area contributed by atoms with Crippen molar-refractivity contribution < 1.29 is 5.11 Å². The third kappa shape index (κ3) is 2.73. The second-order valence-corrected chi connectivity index (χ2v) is 5.47. The third-order valence-electron chi connectivity index (χ3n) is 3.50. The number of hydrogen-bond donors (Lipinski definition) is 3. The maximum Gasteiger partial charge on any atom is 0.184 e. The summed E-state index contributed by atoms with van der Waals surface area (Å²) in [6.07, 6.45) is 1.55. The fourth-order valence-electron chi connectivity index (χ4n) is 2.18. The number of aromatic hydroxyl groups is 1. The first-order chi connectivity index (χ1) is 10.6. The van der Waals surface area contributed by atoms with Crippen molar-refractivity contribution in [3.05, 3.63) is 54.0 Å². The van der Waals surface area contributed by atoms with Crippen molar-refractivity contribution in [2.75, 3.05) is 5.32 Å². The first-order valence-corrected chi connectivity index (χ1v) is 6.82. The number of tetrazole rings is 1. The van der Waals surface area contributed by atoms with Crippen molar-refractivity contribution in [3.63, 3.8) is 0 Å². The average molecular weight is 296 g/mol. The topological polar surface area (TPSA) is 99.6 Å². The Labute approximate surface area is 127 Å². The van der Waals surface area contributed by atoms with Crippen LogP contribution in [0.25, 0.3) is 0 Å². The molecule has 2 heterocycles. The Morgan fingerprint density at radius 3 is 2.77 bits per heavy atom. The molecule has 3 rings (SSSR count). The zero-order valence-electron chi connectivity index (χ0n) is 12.3. The monoisotopic (exact) mass is 296 g/mol. The number of anilines is 2. The molecule has 1 aromatic carbocycles. The van der Waals surface area contributed by atoms with Gasteiger partial charge in [0.05, 0.1) is 5.41 Å². The molecule has 7 heteroatoms. The maximum absolute atomic E-state index is 9.49. The van der Waals surface area contributed by atoms with Gasteiger partial charge in [0.15, 0.2) is 5.82 Å². The zero-order chi connectivity index (χ0) is 15.6. The molecule has 0 aliphatic rings. The van der Waals surface area contributed by atoms with Crippen LogP contribution in [0.1, 0.15) is 25.2 Å². The lowest BCUT2D eigenvalue weighted by molar-refractivity contribution is 0.475. The Morgan fingerprint density at radius 1 is 1.18 bits per heavy atom. The van der Waals surface area contributed by atoms with E-state index in [0.29, 0.717) is 11.6 Å². The van der Waals surface area contributed by atoms with Crippen LogP contribution in [0.2, 0.25) is 0 Å². The molecule has 7 nitrogen and oxygen atoms in total. The van der Waals surface area contributed by atoms with Crippen molar-refractivity contribution in [2.24, 2.45) is 0 Å². The molecular weight excluding hydrogens is 280 g/mol. The first-order valence-electron chi connectivity index (χ1n) is 6.82. The first kappa shape index (κ1) is 14.0. The summed E-state index contributed by atoms with van der Waals surface area (Å²) in [6.45, 7) is 4.06. The van der Waals surface area contributed by atoms with Crippen LogP contribution in [0, 0.1) is 0 Å². The van der Waals surface area contributed by atoms with Gasteiger partial charge in [-0.2, -0.15) is 5.21 Å². The Balaban J connectivity index is 1.90. The highest BCUT2D eigenvalue weighted by Crippen LogP contribution is 2.30. The van der Waals surface area contributed by atoms with E-state index in [9.17, 15) is 5.11 Å². The van der Waals surface area contributed by atoms with Gasteiger partial charge in [-0.25, -0.2) is 4.98 Å². The van der Waals surface area contributed by atoms with Gasteiger partial charge in [-0.15, -0.1) is 10.2 Å². The molecule has 3 N–H and O–H groups in total. The van der Waals surface area contributed by atoms with Gasteiger partial charge in [0.25, 0.3) is 0 Å². The van der Waals surface area contributed by atoms with E-state index >= 15 is 0 Å². The number of hydrogen-bond acceptors (Lipinski definition) is 6. The molecule has 0 amide bonds. The predicted octanol–water partition coefficient (Wildman–Crippen LogP) is 2.37. The summed E-state index contributed by atoms with van der Waals surface area (Å²) >= 11 is 0. The van der Waals surface area contributed by atoms with E-state index in [1.54, 1.807) is 12.3 Å². The fraction of sp³-hybridized carbons (Fsp3) is 0.200. The number of aromatic amines is 1. The van der Waals surface area contributed by atoms with Crippen LogP contribution in [0.15, 0.2) is 42.6 Å². The molecule has 2 aromatic heterocycles. The normalized spacial score (nSPS) is 11.4. The van der Waals surface area contributed by atoms with E-state index in [-0.39, 0.29) is 11.2 Å². The van der Waals surface area contributed by atoms with Gasteiger partial charge >= 0.3 is 0 Å². The molecule has 3 aromatic rings. The molecule has 0 saturated heterocycles. The standard InChI is InChI=1S/C15H16N6O/c1-15(2,14-18-20-21-19-14)10-4-3-5-11(8-10)17-13-9-12(22)6-7-16-13/h3-9H,1-2H3,(H2,16,17,22)(H,18,19,20,21). The van der Waals surface area contributed by atoms with Gasteiger partial charge in [-0.05, 0) is 37.6 Å². The van der Waals surface area contributed by atoms with Crippen LogP contribution < -0.4 is 5.32 Å². The molecule has 0 unspecified atom stereocenters. The Morgan fingerprint density at radius 2 is 2.05 bits per heavy atom. The molecule has 0 spiro atoms. The summed E-state index contributed by atoms with van der Waals surface area (Å²) in [5.74, 6) is 1.37. The van der Waals surface area contributed by atoms with Crippen molar-refractivity contribution >= 4 is 11.5 Å². The zero-order valence-corrected chi connectivity index (χ0v) is 12.3. The van der Waals surface area contributed by atoms with E-state index < -0.39 is 0 Å². The average Bonchev–Trinajstić information content (AvgIpc) is 3.02. The summed E-state index contributed by atoms with van der Waals surface area (Å²) in [7, 11) is 0. The Hall–Kier alpha value is -2.96. The summed E-state index contributed by atoms with van der Waals surface area (Å²) < 4.78 is 0. The van der Waals surface area contributed by atoms with Gasteiger partial charge in [0.1, 0.15) is 11.6 Å². The van der Waals surface area contributed by atoms with Crippen LogP contribution in [0.5, 0.6) is 5.75 Å². The van der Waals surface area contributed by atoms with Crippen LogP contribution in [0.3, 0.4) is 0 Å². The number of pyridine rings is 1. The van der Waals surface area contributed by atoms with Gasteiger partial charge < -0.3 is 10.4 Å². The third-order valence-corrected chi connectivity index (χ3v) is 3.50.